The van der Waals surface area contributed by atoms with Crippen molar-refractivity contribution in [3.63, 3.8) is 0 Å². The second-order valence-electron chi connectivity index (χ2n) is 4.86. The average molecular weight is 248 g/mol. The number of rotatable bonds is 2. The quantitative estimate of drug-likeness (QED) is 0.865. The van der Waals surface area contributed by atoms with Crippen LogP contribution in [0.1, 0.15) is 30.1 Å². The van der Waals surface area contributed by atoms with E-state index in [1.807, 2.05) is 29.2 Å². The maximum Gasteiger partial charge on any atom is 0.254 e. The summed E-state index contributed by atoms with van der Waals surface area (Å²) in [5.41, 5.74) is 6.62. The van der Waals surface area contributed by atoms with Crippen molar-refractivity contribution in [2.24, 2.45) is 5.73 Å². The SMILES string of the molecule is COc1ccc(C(=O)N2CCC(N)CC2C)cc1. The summed E-state index contributed by atoms with van der Waals surface area (Å²) in [4.78, 5) is 14.3. The Morgan fingerprint density at radius 2 is 2.06 bits per heavy atom. The second kappa shape index (κ2) is 5.40. The van der Waals surface area contributed by atoms with Gasteiger partial charge in [0.2, 0.25) is 0 Å². The van der Waals surface area contributed by atoms with Gasteiger partial charge < -0.3 is 15.4 Å². The number of benzene rings is 1. The van der Waals surface area contributed by atoms with Crippen LogP contribution in [-0.2, 0) is 0 Å². The van der Waals surface area contributed by atoms with Gasteiger partial charge in [-0.05, 0) is 44.0 Å². The van der Waals surface area contributed by atoms with E-state index >= 15 is 0 Å². The summed E-state index contributed by atoms with van der Waals surface area (Å²) < 4.78 is 5.09. The predicted octanol–water partition coefficient (Wildman–Crippen LogP) is 1.65. The third kappa shape index (κ3) is 2.64. The summed E-state index contributed by atoms with van der Waals surface area (Å²) in [7, 11) is 1.62. The van der Waals surface area contributed by atoms with Gasteiger partial charge in [-0.2, -0.15) is 0 Å². The maximum absolute atomic E-state index is 12.4. The van der Waals surface area contributed by atoms with E-state index in [0.29, 0.717) is 5.56 Å². The van der Waals surface area contributed by atoms with Gasteiger partial charge in [-0.15, -0.1) is 0 Å². The predicted molar refractivity (Wildman–Crippen MR) is 70.7 cm³/mol. The first-order valence-corrected chi connectivity index (χ1v) is 6.32. The van der Waals surface area contributed by atoms with E-state index in [2.05, 4.69) is 6.92 Å². The van der Waals surface area contributed by atoms with Crippen molar-refractivity contribution in [2.45, 2.75) is 31.8 Å². The molecule has 1 saturated heterocycles. The smallest absolute Gasteiger partial charge is 0.254 e. The zero-order chi connectivity index (χ0) is 13.1. The Bertz CT molecular complexity index is 416. The first-order chi connectivity index (χ1) is 8.61. The molecule has 2 unspecified atom stereocenters. The third-order valence-corrected chi connectivity index (χ3v) is 3.51. The molecule has 0 saturated carbocycles. The Hall–Kier alpha value is -1.55. The lowest BCUT2D eigenvalue weighted by atomic mass is 9.98. The fourth-order valence-electron chi connectivity index (χ4n) is 2.41. The van der Waals surface area contributed by atoms with Gasteiger partial charge in [0.1, 0.15) is 5.75 Å². The van der Waals surface area contributed by atoms with Gasteiger partial charge in [-0.1, -0.05) is 0 Å². The van der Waals surface area contributed by atoms with Crippen LogP contribution in [0.25, 0.3) is 0 Å². The van der Waals surface area contributed by atoms with E-state index in [9.17, 15) is 4.79 Å². The van der Waals surface area contributed by atoms with E-state index in [-0.39, 0.29) is 18.0 Å². The summed E-state index contributed by atoms with van der Waals surface area (Å²) in [6.45, 7) is 2.80. The number of carbonyl (C=O) groups is 1. The highest BCUT2D eigenvalue weighted by Crippen LogP contribution is 2.20. The molecule has 4 heteroatoms. The number of hydrogen-bond donors (Lipinski definition) is 1. The molecule has 1 aromatic rings. The highest BCUT2D eigenvalue weighted by atomic mass is 16.5. The van der Waals surface area contributed by atoms with Crippen LogP contribution in [0, 0.1) is 0 Å². The normalized spacial score (nSPS) is 23.8. The standard InChI is InChI=1S/C14H20N2O2/c1-10-9-12(15)7-8-16(10)14(17)11-3-5-13(18-2)6-4-11/h3-6,10,12H,7-9,15H2,1-2H3. The van der Waals surface area contributed by atoms with Crippen molar-refractivity contribution in [3.8, 4) is 5.75 Å². The Morgan fingerprint density at radius 3 is 2.61 bits per heavy atom. The summed E-state index contributed by atoms with van der Waals surface area (Å²) in [5, 5.41) is 0. The van der Waals surface area contributed by atoms with Crippen LogP contribution in [0.2, 0.25) is 0 Å². The van der Waals surface area contributed by atoms with Crippen LogP contribution in [0.3, 0.4) is 0 Å². The monoisotopic (exact) mass is 248 g/mol. The number of methoxy groups -OCH3 is 1. The number of ether oxygens (including phenoxy) is 1. The molecular weight excluding hydrogens is 228 g/mol. The number of hydrogen-bond acceptors (Lipinski definition) is 3. The molecule has 18 heavy (non-hydrogen) atoms. The van der Waals surface area contributed by atoms with Crippen LogP contribution < -0.4 is 10.5 Å². The van der Waals surface area contributed by atoms with E-state index in [1.54, 1.807) is 7.11 Å². The van der Waals surface area contributed by atoms with Crippen molar-refractivity contribution < 1.29 is 9.53 Å². The minimum absolute atomic E-state index is 0.0806. The van der Waals surface area contributed by atoms with Crippen LogP contribution in [0.4, 0.5) is 0 Å². The molecule has 0 spiro atoms. The molecular formula is C14H20N2O2. The molecule has 1 aliphatic heterocycles. The number of amides is 1. The molecule has 0 bridgehead atoms. The van der Waals surface area contributed by atoms with Gasteiger partial charge in [-0.3, -0.25) is 4.79 Å². The molecule has 0 aromatic heterocycles. The molecule has 2 rings (SSSR count). The van der Waals surface area contributed by atoms with Gasteiger partial charge in [0, 0.05) is 24.2 Å². The minimum Gasteiger partial charge on any atom is -0.497 e. The third-order valence-electron chi connectivity index (χ3n) is 3.51. The first-order valence-electron chi connectivity index (χ1n) is 6.32. The van der Waals surface area contributed by atoms with Gasteiger partial charge >= 0.3 is 0 Å². The van der Waals surface area contributed by atoms with Gasteiger partial charge in [0.15, 0.2) is 0 Å². The lowest BCUT2D eigenvalue weighted by Gasteiger charge is -2.36. The van der Waals surface area contributed by atoms with Gasteiger partial charge in [0.05, 0.1) is 7.11 Å². The van der Waals surface area contributed by atoms with Crippen LogP contribution in [-0.4, -0.2) is 36.5 Å². The Morgan fingerprint density at radius 1 is 1.39 bits per heavy atom. The van der Waals surface area contributed by atoms with E-state index < -0.39 is 0 Å². The van der Waals surface area contributed by atoms with Crippen molar-refractivity contribution in [1.82, 2.24) is 4.90 Å². The molecule has 0 radical (unpaired) electrons. The number of piperidine rings is 1. The molecule has 2 atom stereocenters. The first kappa shape index (κ1) is 12.9. The van der Waals surface area contributed by atoms with Crippen molar-refractivity contribution in [1.29, 1.82) is 0 Å². The van der Waals surface area contributed by atoms with E-state index in [4.69, 9.17) is 10.5 Å². The average Bonchev–Trinajstić information content (AvgIpc) is 2.38. The van der Waals surface area contributed by atoms with Crippen LogP contribution in [0.5, 0.6) is 5.75 Å². The fraction of sp³-hybridized carbons (Fsp3) is 0.500. The minimum atomic E-state index is 0.0806. The summed E-state index contributed by atoms with van der Waals surface area (Å²) >= 11 is 0. The maximum atomic E-state index is 12.4. The summed E-state index contributed by atoms with van der Waals surface area (Å²) in [5.74, 6) is 0.845. The molecule has 1 heterocycles. The zero-order valence-electron chi connectivity index (χ0n) is 10.9. The molecule has 98 valence electrons. The number of nitrogens with two attached hydrogens (primary N) is 1. The largest absolute Gasteiger partial charge is 0.497 e. The Labute approximate surface area is 108 Å². The topological polar surface area (TPSA) is 55.6 Å². The van der Waals surface area contributed by atoms with Gasteiger partial charge in [-0.25, -0.2) is 0 Å². The highest BCUT2D eigenvalue weighted by Gasteiger charge is 2.27. The summed E-state index contributed by atoms with van der Waals surface area (Å²) in [6.07, 6.45) is 1.76. The summed E-state index contributed by atoms with van der Waals surface area (Å²) in [6, 6.07) is 7.68. The number of likely N-dealkylation sites (tertiary alicyclic amines) is 1. The lowest BCUT2D eigenvalue weighted by molar-refractivity contribution is 0.0619. The van der Waals surface area contributed by atoms with E-state index in [1.165, 1.54) is 0 Å². The molecule has 2 N–H and O–H groups in total. The number of carbonyl (C=O) groups excluding carboxylic acids is 1. The second-order valence-corrected chi connectivity index (χ2v) is 4.86. The Kier molecular flexibility index (Phi) is 3.87. The molecule has 1 amide bonds. The molecule has 1 aromatic carbocycles. The highest BCUT2D eigenvalue weighted by molar-refractivity contribution is 5.94. The molecule has 1 aliphatic rings. The van der Waals surface area contributed by atoms with Crippen molar-refractivity contribution >= 4 is 5.91 Å². The Balaban J connectivity index is 2.10. The van der Waals surface area contributed by atoms with Crippen molar-refractivity contribution in [2.75, 3.05) is 13.7 Å². The molecule has 0 aliphatic carbocycles. The zero-order valence-corrected chi connectivity index (χ0v) is 10.9. The van der Waals surface area contributed by atoms with Crippen LogP contribution >= 0.6 is 0 Å². The lowest BCUT2D eigenvalue weighted by Crippen LogP contribution is -2.48. The molecule has 4 nitrogen and oxygen atoms in total. The van der Waals surface area contributed by atoms with Crippen molar-refractivity contribution in [3.05, 3.63) is 29.8 Å². The fourth-order valence-corrected chi connectivity index (χ4v) is 2.41. The molecule has 1 fully saturated rings. The van der Waals surface area contributed by atoms with Crippen LogP contribution in [0.15, 0.2) is 24.3 Å². The number of nitrogens with zero attached hydrogens (tertiary/aromatic N) is 1. The van der Waals surface area contributed by atoms with E-state index in [0.717, 1.165) is 25.1 Å². The van der Waals surface area contributed by atoms with Gasteiger partial charge in [0.25, 0.3) is 5.91 Å².